The molecule has 2 aliphatic heterocycles. The van der Waals surface area contributed by atoms with Gasteiger partial charge in [-0.05, 0) is 32.4 Å². The van der Waals surface area contributed by atoms with Gasteiger partial charge in [0.2, 0.25) is 0 Å². The number of carbonyl (C=O) groups is 1. The topological polar surface area (TPSA) is 29.5 Å². The minimum absolute atomic E-state index is 0.306. The fourth-order valence-electron chi connectivity index (χ4n) is 3.36. The minimum Gasteiger partial charge on any atom is -0.493 e. The van der Waals surface area contributed by atoms with Gasteiger partial charge in [0, 0.05) is 30.5 Å². The third kappa shape index (κ3) is 2.66. The van der Waals surface area contributed by atoms with Crippen molar-refractivity contribution >= 4 is 5.78 Å². The van der Waals surface area contributed by atoms with Crippen LogP contribution >= 0.6 is 0 Å². The Kier molecular flexibility index (Phi) is 3.56. The van der Waals surface area contributed by atoms with E-state index in [0.717, 1.165) is 31.9 Å². The molecule has 1 saturated heterocycles. The lowest BCUT2D eigenvalue weighted by molar-refractivity contribution is -0.118. The van der Waals surface area contributed by atoms with Crippen molar-refractivity contribution in [1.82, 2.24) is 4.90 Å². The van der Waals surface area contributed by atoms with Gasteiger partial charge in [0.25, 0.3) is 0 Å². The summed E-state index contributed by atoms with van der Waals surface area (Å²) in [5.74, 6) is 1.80. The lowest BCUT2D eigenvalue weighted by atomic mass is 10.00. The summed E-state index contributed by atoms with van der Waals surface area (Å²) in [6.45, 7) is 4.62. The van der Waals surface area contributed by atoms with Crippen molar-refractivity contribution in [3.63, 3.8) is 0 Å². The summed E-state index contributed by atoms with van der Waals surface area (Å²) in [6.07, 6.45) is 3.08. The zero-order valence-corrected chi connectivity index (χ0v) is 11.5. The molecule has 0 saturated carbocycles. The number of nitrogens with zero attached hydrogens (tertiary/aromatic N) is 1. The fourth-order valence-corrected chi connectivity index (χ4v) is 3.36. The van der Waals surface area contributed by atoms with Gasteiger partial charge in [-0.25, -0.2) is 0 Å². The van der Waals surface area contributed by atoms with E-state index in [4.69, 9.17) is 4.74 Å². The Labute approximate surface area is 114 Å². The van der Waals surface area contributed by atoms with Crippen LogP contribution in [-0.2, 0) is 4.79 Å². The smallest absolute Gasteiger partial charge is 0.131 e. The van der Waals surface area contributed by atoms with Crippen molar-refractivity contribution in [1.29, 1.82) is 0 Å². The van der Waals surface area contributed by atoms with E-state index in [-0.39, 0.29) is 0 Å². The minimum atomic E-state index is 0.306. The molecule has 3 heteroatoms. The quantitative estimate of drug-likeness (QED) is 0.832. The fraction of sp³-hybridized carbons (Fsp3) is 0.562. The predicted octanol–water partition coefficient (Wildman–Crippen LogP) is 2.61. The van der Waals surface area contributed by atoms with Crippen molar-refractivity contribution in [2.24, 2.45) is 0 Å². The summed E-state index contributed by atoms with van der Waals surface area (Å²) in [5.41, 5.74) is 1.33. The Morgan fingerprint density at radius 3 is 3.11 bits per heavy atom. The summed E-state index contributed by atoms with van der Waals surface area (Å²) in [6, 6.07) is 8.77. The van der Waals surface area contributed by atoms with Crippen LogP contribution in [-0.4, -0.2) is 36.4 Å². The highest BCUT2D eigenvalue weighted by Crippen LogP contribution is 2.35. The maximum atomic E-state index is 11.3. The predicted molar refractivity (Wildman–Crippen MR) is 74.6 cm³/mol. The Bertz CT molecular complexity index is 472. The van der Waals surface area contributed by atoms with Gasteiger partial charge in [-0.2, -0.15) is 0 Å². The van der Waals surface area contributed by atoms with Crippen LogP contribution in [0.1, 0.15) is 37.7 Å². The van der Waals surface area contributed by atoms with E-state index < -0.39 is 0 Å². The molecule has 1 aromatic carbocycles. The first-order valence-corrected chi connectivity index (χ1v) is 7.19. The average Bonchev–Trinajstić information content (AvgIpc) is 2.98. The van der Waals surface area contributed by atoms with Crippen molar-refractivity contribution in [2.45, 2.75) is 38.1 Å². The Morgan fingerprint density at radius 1 is 1.42 bits per heavy atom. The van der Waals surface area contributed by atoms with Crippen LogP contribution in [0.25, 0.3) is 0 Å². The SMILES string of the molecule is CC(=O)CC1CCCN1CC1COc2ccccc21. The maximum absolute atomic E-state index is 11.3. The van der Waals surface area contributed by atoms with Gasteiger partial charge < -0.3 is 4.74 Å². The van der Waals surface area contributed by atoms with Crippen LogP contribution in [0.4, 0.5) is 0 Å². The average molecular weight is 259 g/mol. The van der Waals surface area contributed by atoms with Crippen LogP contribution in [0.3, 0.4) is 0 Å². The van der Waals surface area contributed by atoms with E-state index in [0.29, 0.717) is 24.2 Å². The number of ether oxygens (including phenoxy) is 1. The second-order valence-electron chi connectivity index (χ2n) is 5.74. The third-order valence-electron chi connectivity index (χ3n) is 4.28. The highest BCUT2D eigenvalue weighted by atomic mass is 16.5. The first kappa shape index (κ1) is 12.7. The number of fused-ring (bicyclic) bond motifs is 1. The number of hydrogen-bond acceptors (Lipinski definition) is 3. The molecule has 3 nitrogen and oxygen atoms in total. The van der Waals surface area contributed by atoms with Crippen molar-refractivity contribution in [3.8, 4) is 5.75 Å². The molecule has 0 aliphatic carbocycles. The van der Waals surface area contributed by atoms with Crippen LogP contribution in [0.15, 0.2) is 24.3 Å². The van der Waals surface area contributed by atoms with Crippen LogP contribution < -0.4 is 4.74 Å². The Hall–Kier alpha value is -1.35. The molecule has 19 heavy (non-hydrogen) atoms. The standard InChI is InChI=1S/C16H21NO2/c1-12(18)9-14-5-4-8-17(14)10-13-11-19-16-7-3-2-6-15(13)16/h2-3,6-7,13-14H,4-5,8-11H2,1H3. The highest BCUT2D eigenvalue weighted by molar-refractivity contribution is 5.76. The molecule has 3 rings (SSSR count). The van der Waals surface area contributed by atoms with Crippen molar-refractivity contribution in [2.75, 3.05) is 19.7 Å². The number of hydrogen-bond donors (Lipinski definition) is 0. The molecule has 0 bridgehead atoms. The molecule has 1 aromatic rings. The summed E-state index contributed by atoms with van der Waals surface area (Å²) < 4.78 is 5.74. The molecule has 2 unspecified atom stereocenters. The second-order valence-corrected chi connectivity index (χ2v) is 5.74. The first-order chi connectivity index (χ1) is 9.24. The monoisotopic (exact) mass is 259 g/mol. The lowest BCUT2D eigenvalue weighted by Crippen LogP contribution is -2.34. The molecule has 0 N–H and O–H groups in total. The van der Waals surface area contributed by atoms with Gasteiger partial charge in [0.05, 0.1) is 6.61 Å². The van der Waals surface area contributed by atoms with E-state index >= 15 is 0 Å². The number of rotatable bonds is 4. The number of benzene rings is 1. The van der Waals surface area contributed by atoms with E-state index in [1.165, 1.54) is 12.0 Å². The largest absolute Gasteiger partial charge is 0.493 e. The van der Waals surface area contributed by atoms with Crippen LogP contribution in [0, 0.1) is 0 Å². The number of carbonyl (C=O) groups excluding carboxylic acids is 1. The van der Waals surface area contributed by atoms with Gasteiger partial charge >= 0.3 is 0 Å². The van der Waals surface area contributed by atoms with E-state index in [9.17, 15) is 4.79 Å². The molecule has 0 spiro atoms. The zero-order chi connectivity index (χ0) is 13.2. The first-order valence-electron chi connectivity index (χ1n) is 7.19. The van der Waals surface area contributed by atoms with Crippen molar-refractivity contribution in [3.05, 3.63) is 29.8 Å². The number of para-hydroxylation sites is 1. The third-order valence-corrected chi connectivity index (χ3v) is 4.28. The molecular formula is C16H21NO2. The molecule has 2 heterocycles. The molecule has 1 fully saturated rings. The summed E-state index contributed by atoms with van der Waals surface area (Å²) in [4.78, 5) is 13.8. The van der Waals surface area contributed by atoms with E-state index in [2.05, 4.69) is 17.0 Å². The molecule has 0 radical (unpaired) electrons. The van der Waals surface area contributed by atoms with E-state index in [1.807, 2.05) is 12.1 Å². The number of likely N-dealkylation sites (tertiary alicyclic amines) is 1. The zero-order valence-electron chi connectivity index (χ0n) is 11.5. The summed E-state index contributed by atoms with van der Waals surface area (Å²) >= 11 is 0. The molecule has 0 aromatic heterocycles. The summed E-state index contributed by atoms with van der Waals surface area (Å²) in [5, 5.41) is 0. The normalized spacial score (nSPS) is 26.2. The number of ketones is 1. The molecule has 2 atom stereocenters. The summed E-state index contributed by atoms with van der Waals surface area (Å²) in [7, 11) is 0. The van der Waals surface area contributed by atoms with Gasteiger partial charge in [-0.1, -0.05) is 18.2 Å². The van der Waals surface area contributed by atoms with Crippen LogP contribution in [0.5, 0.6) is 5.75 Å². The molecule has 102 valence electrons. The molecule has 0 amide bonds. The maximum Gasteiger partial charge on any atom is 0.131 e. The van der Waals surface area contributed by atoms with Crippen molar-refractivity contribution < 1.29 is 9.53 Å². The van der Waals surface area contributed by atoms with Gasteiger partial charge in [-0.3, -0.25) is 9.69 Å². The number of Topliss-reactive ketones (excluding diaryl/α,β-unsaturated/α-hetero) is 1. The lowest BCUT2D eigenvalue weighted by Gasteiger charge is -2.26. The van der Waals surface area contributed by atoms with Crippen LogP contribution in [0.2, 0.25) is 0 Å². The Balaban J connectivity index is 1.67. The van der Waals surface area contributed by atoms with Gasteiger partial charge in [0.1, 0.15) is 11.5 Å². The highest BCUT2D eigenvalue weighted by Gasteiger charge is 2.31. The molecule has 2 aliphatic rings. The van der Waals surface area contributed by atoms with Gasteiger partial charge in [-0.15, -0.1) is 0 Å². The van der Waals surface area contributed by atoms with Gasteiger partial charge in [0.15, 0.2) is 0 Å². The Morgan fingerprint density at radius 2 is 2.26 bits per heavy atom. The molecular weight excluding hydrogens is 238 g/mol. The van der Waals surface area contributed by atoms with E-state index in [1.54, 1.807) is 6.92 Å². The second kappa shape index (κ2) is 5.33.